The molecule has 0 N–H and O–H groups in total. The molecule has 3 aromatic carbocycles. The van der Waals surface area contributed by atoms with E-state index in [0.717, 1.165) is 120 Å². The van der Waals surface area contributed by atoms with E-state index in [4.69, 9.17) is 18.9 Å². The lowest BCUT2D eigenvalue weighted by Gasteiger charge is -2.13. The van der Waals surface area contributed by atoms with E-state index in [0.29, 0.717) is 0 Å². The molecule has 70 heavy (non-hydrogen) atoms. The molecule has 8 nitrogen and oxygen atoms in total. The molecular formula is C60H84Br2N4O4. The second-order valence-electron chi connectivity index (χ2n) is 19.0. The average molecular weight is 1090 g/mol. The van der Waals surface area contributed by atoms with Crippen LogP contribution in [0.15, 0.2) is 94.4 Å². The van der Waals surface area contributed by atoms with E-state index < -0.39 is 0 Å². The number of hydrogen-bond donors (Lipinski definition) is 0. The van der Waals surface area contributed by atoms with E-state index in [-0.39, 0.29) is 0 Å². The average Bonchev–Trinajstić information content (AvgIpc) is 3.38. The van der Waals surface area contributed by atoms with E-state index in [1.165, 1.54) is 152 Å². The Bertz CT molecular complexity index is 1930. The molecule has 5 rings (SSSR count). The summed E-state index contributed by atoms with van der Waals surface area (Å²) in [6, 6.07) is 20.4. The van der Waals surface area contributed by atoms with Crippen LogP contribution >= 0.6 is 31.9 Å². The number of rotatable bonds is 40. The fourth-order valence-corrected chi connectivity index (χ4v) is 9.41. The Morgan fingerprint density at radius 3 is 0.957 bits per heavy atom. The zero-order valence-corrected chi connectivity index (χ0v) is 46.1. The highest BCUT2D eigenvalue weighted by Gasteiger charge is 2.10. The van der Waals surface area contributed by atoms with Crippen LogP contribution in [0.5, 0.6) is 23.0 Å². The van der Waals surface area contributed by atoms with Crippen LogP contribution in [-0.2, 0) is 12.8 Å². The smallest absolute Gasteiger partial charge is 0.159 e. The van der Waals surface area contributed by atoms with E-state index in [2.05, 4.69) is 89.9 Å². The second-order valence-corrected chi connectivity index (χ2v) is 20.7. The number of aromatic nitrogens is 4. The predicted molar refractivity (Wildman–Crippen MR) is 298 cm³/mol. The van der Waals surface area contributed by atoms with Crippen LogP contribution < -0.4 is 18.9 Å². The third kappa shape index (κ3) is 23.5. The summed E-state index contributed by atoms with van der Waals surface area (Å²) in [5.74, 6) is 5.08. The highest BCUT2D eigenvalue weighted by Crippen LogP contribution is 2.36. The summed E-state index contributed by atoms with van der Waals surface area (Å²) in [7, 11) is 0. The molecule has 0 fully saturated rings. The van der Waals surface area contributed by atoms with Gasteiger partial charge in [-0.05, 0) is 155 Å². The molecule has 2 aromatic heterocycles. The molecule has 0 saturated heterocycles. The third-order valence-electron chi connectivity index (χ3n) is 12.9. The Morgan fingerprint density at radius 2 is 0.629 bits per heavy atom. The van der Waals surface area contributed by atoms with E-state index in [1.54, 1.807) is 0 Å². The quantitative estimate of drug-likeness (QED) is 0.0359. The summed E-state index contributed by atoms with van der Waals surface area (Å²) in [5, 5.41) is 0. The second kappa shape index (κ2) is 36.0. The number of nitrogens with zero attached hydrogens (tertiary/aromatic N) is 4. The number of aryl methyl sites for hydroxylation is 2. The first-order valence-electron chi connectivity index (χ1n) is 27.3. The molecule has 0 radical (unpaired) electrons. The zero-order valence-electron chi connectivity index (χ0n) is 42.9. The van der Waals surface area contributed by atoms with Gasteiger partial charge in [0.05, 0.1) is 35.4 Å². The number of benzene rings is 3. The Morgan fingerprint density at radius 1 is 0.343 bits per heavy atom. The third-order valence-corrected chi connectivity index (χ3v) is 14.1. The van der Waals surface area contributed by atoms with Crippen LogP contribution in [0.25, 0.3) is 22.8 Å². The molecule has 0 aliphatic heterocycles. The van der Waals surface area contributed by atoms with Crippen LogP contribution in [-0.4, -0.2) is 46.4 Å². The molecule has 0 atom stereocenters. The van der Waals surface area contributed by atoms with Gasteiger partial charge in [-0.25, -0.2) is 19.9 Å². The van der Waals surface area contributed by atoms with Crippen LogP contribution in [0.3, 0.4) is 0 Å². The standard InChI is InChI=1S/C60H84Br2N4O4/c1-3-5-7-17-23-29-49-45-63-59(64-46-49)51-31-35-53(36-32-51)67-39-25-19-13-9-11-15-21-27-41-69-57-43-56(62)58(44-55(57)61)70-42-28-22-16-12-10-14-20-26-40-68-54-37-33-52(34-38-54)60-65-47-50(48-66-60)30-24-18-8-6-4-2/h31-38,43-48H,3-30,39-42H2,1-2H3. The lowest BCUT2D eigenvalue weighted by atomic mass is 10.1. The lowest BCUT2D eigenvalue weighted by molar-refractivity contribution is 0.292. The molecular weight excluding hydrogens is 1000 g/mol. The van der Waals surface area contributed by atoms with Crippen molar-refractivity contribution in [3.05, 3.63) is 106 Å². The van der Waals surface area contributed by atoms with Crippen LogP contribution in [0, 0.1) is 0 Å². The van der Waals surface area contributed by atoms with Gasteiger partial charge in [-0.15, -0.1) is 0 Å². The van der Waals surface area contributed by atoms with Crippen molar-refractivity contribution in [3.63, 3.8) is 0 Å². The van der Waals surface area contributed by atoms with Gasteiger partial charge in [0, 0.05) is 35.9 Å². The van der Waals surface area contributed by atoms with Gasteiger partial charge in [-0.3, -0.25) is 0 Å². The Balaban J connectivity index is 0.789. The van der Waals surface area contributed by atoms with Crippen molar-refractivity contribution in [2.24, 2.45) is 0 Å². The molecule has 0 amide bonds. The minimum Gasteiger partial charge on any atom is -0.494 e. The Hall–Kier alpha value is -4.02. The SMILES string of the molecule is CCCCCCCc1cnc(-c2ccc(OCCCCCCCCCCOc3cc(Br)c(OCCCCCCCCCCOc4ccc(-c5ncc(CCCCCCC)cn5)cc4)cc3Br)cc2)nc1. The molecule has 0 aliphatic rings. The van der Waals surface area contributed by atoms with Gasteiger partial charge >= 0.3 is 0 Å². The van der Waals surface area contributed by atoms with Crippen LogP contribution in [0.2, 0.25) is 0 Å². The molecule has 2 heterocycles. The molecule has 10 heteroatoms. The molecule has 0 saturated carbocycles. The van der Waals surface area contributed by atoms with Gasteiger partial charge in [0.15, 0.2) is 11.6 Å². The van der Waals surface area contributed by atoms with Crippen LogP contribution in [0.4, 0.5) is 0 Å². The number of hydrogen-bond acceptors (Lipinski definition) is 8. The lowest BCUT2D eigenvalue weighted by Crippen LogP contribution is -2.01. The molecule has 0 bridgehead atoms. The Labute approximate surface area is 439 Å². The van der Waals surface area contributed by atoms with Crippen molar-refractivity contribution >= 4 is 31.9 Å². The van der Waals surface area contributed by atoms with Gasteiger partial charge < -0.3 is 18.9 Å². The molecule has 0 unspecified atom stereocenters. The van der Waals surface area contributed by atoms with E-state index in [1.807, 2.05) is 61.2 Å². The minimum absolute atomic E-state index is 0.719. The fourth-order valence-electron chi connectivity index (χ4n) is 8.54. The maximum Gasteiger partial charge on any atom is 0.159 e. The summed E-state index contributed by atoms with van der Waals surface area (Å²) in [6.45, 7) is 7.45. The van der Waals surface area contributed by atoms with Crippen molar-refractivity contribution in [2.75, 3.05) is 26.4 Å². The van der Waals surface area contributed by atoms with Gasteiger partial charge in [-0.2, -0.15) is 0 Å². The van der Waals surface area contributed by atoms with Crippen LogP contribution in [0.1, 0.15) is 192 Å². The van der Waals surface area contributed by atoms with E-state index >= 15 is 0 Å². The topological polar surface area (TPSA) is 88.5 Å². The maximum atomic E-state index is 6.14. The van der Waals surface area contributed by atoms with Gasteiger partial charge in [0.2, 0.25) is 0 Å². The normalized spacial score (nSPS) is 11.3. The molecule has 382 valence electrons. The number of unbranched alkanes of at least 4 members (excludes halogenated alkanes) is 22. The fraction of sp³-hybridized carbons (Fsp3) is 0.567. The van der Waals surface area contributed by atoms with Gasteiger partial charge in [0.25, 0.3) is 0 Å². The first kappa shape index (κ1) is 56.9. The predicted octanol–water partition coefficient (Wildman–Crippen LogP) is 18.3. The zero-order chi connectivity index (χ0) is 49.1. The number of ether oxygens (including phenoxy) is 4. The van der Waals surface area contributed by atoms with Crippen molar-refractivity contribution in [3.8, 4) is 45.8 Å². The number of halogens is 2. The molecule has 0 spiro atoms. The highest BCUT2D eigenvalue weighted by atomic mass is 79.9. The monoisotopic (exact) mass is 1080 g/mol. The summed E-state index contributed by atoms with van der Waals surface area (Å²) < 4.78 is 26.2. The summed E-state index contributed by atoms with van der Waals surface area (Å²) in [5.41, 5.74) is 4.50. The van der Waals surface area contributed by atoms with Crippen molar-refractivity contribution in [2.45, 2.75) is 194 Å². The summed E-state index contributed by atoms with van der Waals surface area (Å²) in [4.78, 5) is 18.5. The summed E-state index contributed by atoms with van der Waals surface area (Å²) in [6.07, 6.45) is 42.0. The van der Waals surface area contributed by atoms with Crippen molar-refractivity contribution in [1.29, 1.82) is 0 Å². The summed E-state index contributed by atoms with van der Waals surface area (Å²) >= 11 is 7.41. The first-order valence-corrected chi connectivity index (χ1v) is 28.9. The van der Waals surface area contributed by atoms with Gasteiger partial charge in [-0.1, -0.05) is 142 Å². The molecule has 0 aliphatic carbocycles. The van der Waals surface area contributed by atoms with Gasteiger partial charge in [0.1, 0.15) is 23.0 Å². The van der Waals surface area contributed by atoms with Crippen molar-refractivity contribution < 1.29 is 18.9 Å². The largest absolute Gasteiger partial charge is 0.494 e. The van der Waals surface area contributed by atoms with E-state index in [9.17, 15) is 0 Å². The highest BCUT2D eigenvalue weighted by molar-refractivity contribution is 9.11. The minimum atomic E-state index is 0.719. The Kier molecular flexibility index (Phi) is 29.2. The maximum absolute atomic E-state index is 6.14. The van der Waals surface area contributed by atoms with Crippen molar-refractivity contribution in [1.82, 2.24) is 19.9 Å². The first-order chi connectivity index (χ1) is 34.5. The molecule has 5 aromatic rings.